The molecule has 0 spiro atoms. The summed E-state index contributed by atoms with van der Waals surface area (Å²) in [5.74, 6) is -3.39. The molecule has 3 aromatic heterocycles. The Labute approximate surface area is 198 Å². The third-order valence-corrected chi connectivity index (χ3v) is 5.79. The molecule has 0 aliphatic carbocycles. The van der Waals surface area contributed by atoms with Crippen LogP contribution in [0, 0.1) is 6.92 Å². The van der Waals surface area contributed by atoms with Crippen molar-refractivity contribution in [3.8, 4) is 11.1 Å². The number of carbonyl (C=O) groups excluding carboxylic acids is 1. The molecule has 6 nitrogen and oxygen atoms in total. The van der Waals surface area contributed by atoms with E-state index in [-0.39, 0.29) is 24.6 Å². The van der Waals surface area contributed by atoms with Crippen LogP contribution in [0.4, 0.5) is 27.8 Å². The minimum Gasteiger partial charge on any atom is -0.368 e. The first-order valence-corrected chi connectivity index (χ1v) is 10.9. The number of nitrogens with one attached hydrogen (secondary N) is 1. The molecule has 1 saturated heterocycles. The van der Waals surface area contributed by atoms with E-state index in [4.69, 9.17) is 0 Å². The first-order chi connectivity index (χ1) is 16.5. The van der Waals surface area contributed by atoms with Gasteiger partial charge in [0.05, 0.1) is 11.6 Å². The van der Waals surface area contributed by atoms with Crippen LogP contribution in [0.2, 0.25) is 0 Å². The van der Waals surface area contributed by atoms with Gasteiger partial charge in [-0.2, -0.15) is 13.2 Å². The second-order valence-corrected chi connectivity index (χ2v) is 8.36. The largest absolute Gasteiger partial charge is 0.417 e. The monoisotopic (exact) mass is 491 g/mol. The van der Waals surface area contributed by atoms with Gasteiger partial charge in [0.25, 0.3) is 11.8 Å². The van der Waals surface area contributed by atoms with Gasteiger partial charge < -0.3 is 10.2 Å². The molecule has 35 heavy (non-hydrogen) atoms. The zero-order valence-electron chi connectivity index (χ0n) is 18.7. The van der Waals surface area contributed by atoms with Crippen molar-refractivity contribution in [3.05, 3.63) is 71.9 Å². The molecule has 1 atom stereocenters. The van der Waals surface area contributed by atoms with Crippen LogP contribution < -0.4 is 5.32 Å². The van der Waals surface area contributed by atoms with E-state index >= 15 is 0 Å². The van der Waals surface area contributed by atoms with Gasteiger partial charge in [-0.15, -0.1) is 0 Å². The van der Waals surface area contributed by atoms with Gasteiger partial charge in [-0.3, -0.25) is 9.78 Å². The number of alkyl halides is 5. The number of hydrogen-bond acceptors (Lipinski definition) is 5. The molecule has 0 aromatic carbocycles. The van der Waals surface area contributed by atoms with Crippen molar-refractivity contribution in [1.82, 2.24) is 19.9 Å². The molecule has 1 aliphatic heterocycles. The number of amides is 1. The molecule has 184 valence electrons. The Bertz CT molecular complexity index is 1190. The van der Waals surface area contributed by atoms with E-state index in [9.17, 15) is 26.7 Å². The highest BCUT2D eigenvalue weighted by Crippen LogP contribution is 2.34. The lowest BCUT2D eigenvalue weighted by atomic mass is 9.96. The Kier molecular flexibility index (Phi) is 6.68. The van der Waals surface area contributed by atoms with E-state index in [0.29, 0.717) is 23.0 Å². The average Bonchev–Trinajstić information content (AvgIpc) is 2.82. The number of halogens is 5. The van der Waals surface area contributed by atoms with Crippen LogP contribution in [0.15, 0.2) is 55.0 Å². The molecule has 1 amide bonds. The Balaban J connectivity index is 1.58. The summed E-state index contributed by atoms with van der Waals surface area (Å²) in [6.07, 6.45) is -1.80. The van der Waals surface area contributed by atoms with Crippen molar-refractivity contribution < 1.29 is 26.7 Å². The van der Waals surface area contributed by atoms with Gasteiger partial charge in [-0.25, -0.2) is 18.7 Å². The first-order valence-electron chi connectivity index (χ1n) is 10.9. The van der Waals surface area contributed by atoms with Crippen molar-refractivity contribution in [1.29, 1.82) is 0 Å². The third kappa shape index (κ3) is 5.72. The summed E-state index contributed by atoms with van der Waals surface area (Å²) >= 11 is 0. The van der Waals surface area contributed by atoms with Gasteiger partial charge in [-0.05, 0) is 42.8 Å². The fraction of sp³-hybridized carbons (Fsp3) is 0.333. The molecular weight excluding hydrogens is 469 g/mol. The summed E-state index contributed by atoms with van der Waals surface area (Å²) in [6.45, 7) is 1.42. The predicted octanol–water partition coefficient (Wildman–Crippen LogP) is 5.22. The zero-order valence-corrected chi connectivity index (χ0v) is 18.7. The number of piperidine rings is 1. The number of anilines is 1. The number of aromatic nitrogens is 3. The van der Waals surface area contributed by atoms with Crippen LogP contribution in [0.3, 0.4) is 0 Å². The molecular formula is C24H22F5N5O. The summed E-state index contributed by atoms with van der Waals surface area (Å²) < 4.78 is 66.9. The molecule has 4 rings (SSSR count). The standard InChI is InChI=1S/C24H22F5N5O/c1-15-2-4-19(16-6-9-30-10-7-16)21(33-15)22(35)34-11-8-23(25,26)12-18(34)14-32-20-5-3-17(13-31-20)24(27,28)29/h2-7,9-10,13,18H,8,11-12,14H2,1H3,(H,31,32)/t18-/m0/s1. The molecule has 1 aliphatic rings. The van der Waals surface area contributed by atoms with Gasteiger partial charge >= 0.3 is 6.18 Å². The SMILES string of the molecule is Cc1ccc(-c2ccncc2)c(C(=O)N2CCC(F)(F)C[C@H]2CNc2ccc(C(F)(F)F)cn2)n1. The van der Waals surface area contributed by atoms with Crippen LogP contribution in [-0.4, -0.2) is 50.8 Å². The summed E-state index contributed by atoms with van der Waals surface area (Å²) in [4.78, 5) is 27.0. The summed E-state index contributed by atoms with van der Waals surface area (Å²) in [5, 5.41) is 2.79. The van der Waals surface area contributed by atoms with Crippen molar-refractivity contribution in [3.63, 3.8) is 0 Å². The van der Waals surface area contributed by atoms with Gasteiger partial charge in [-0.1, -0.05) is 6.07 Å². The minimum absolute atomic E-state index is 0.0884. The van der Waals surface area contributed by atoms with Crippen molar-refractivity contribution in [2.24, 2.45) is 0 Å². The van der Waals surface area contributed by atoms with Gasteiger partial charge in [0.2, 0.25) is 0 Å². The first kappa shape index (κ1) is 24.5. The lowest BCUT2D eigenvalue weighted by Gasteiger charge is -2.39. The number of likely N-dealkylation sites (tertiary alicyclic amines) is 1. The molecule has 0 bridgehead atoms. The molecule has 4 heterocycles. The van der Waals surface area contributed by atoms with Crippen LogP contribution in [-0.2, 0) is 6.18 Å². The normalized spacial score (nSPS) is 17.8. The maximum Gasteiger partial charge on any atom is 0.417 e. The predicted molar refractivity (Wildman–Crippen MR) is 119 cm³/mol. The van der Waals surface area contributed by atoms with E-state index in [0.717, 1.165) is 12.1 Å². The summed E-state index contributed by atoms with van der Waals surface area (Å²) in [5.41, 5.74) is 1.08. The van der Waals surface area contributed by atoms with Crippen LogP contribution >= 0.6 is 0 Å². The quantitative estimate of drug-likeness (QED) is 0.496. The highest BCUT2D eigenvalue weighted by Gasteiger charge is 2.42. The second-order valence-electron chi connectivity index (χ2n) is 8.36. The fourth-order valence-electron chi connectivity index (χ4n) is 3.98. The molecule has 1 fully saturated rings. The number of aryl methyl sites for hydroxylation is 1. The van der Waals surface area contributed by atoms with E-state index in [1.807, 2.05) is 0 Å². The number of nitrogens with zero attached hydrogens (tertiary/aromatic N) is 4. The van der Waals surface area contributed by atoms with E-state index < -0.39 is 42.5 Å². The number of carbonyl (C=O) groups is 1. The van der Waals surface area contributed by atoms with Crippen molar-refractivity contribution in [2.45, 2.75) is 37.9 Å². The topological polar surface area (TPSA) is 71.0 Å². The van der Waals surface area contributed by atoms with E-state index in [1.54, 1.807) is 43.6 Å². The molecule has 11 heteroatoms. The second kappa shape index (κ2) is 9.55. The molecule has 0 saturated carbocycles. The lowest BCUT2D eigenvalue weighted by Crippen LogP contribution is -2.52. The van der Waals surface area contributed by atoms with Crippen LogP contribution in [0.25, 0.3) is 11.1 Å². The number of pyridine rings is 3. The number of hydrogen-bond donors (Lipinski definition) is 1. The maximum atomic E-state index is 14.3. The minimum atomic E-state index is -4.53. The van der Waals surface area contributed by atoms with Gasteiger partial charge in [0.15, 0.2) is 0 Å². The molecule has 0 radical (unpaired) electrons. The van der Waals surface area contributed by atoms with Gasteiger partial charge in [0.1, 0.15) is 11.5 Å². The Morgan fingerprint density at radius 3 is 2.54 bits per heavy atom. The summed E-state index contributed by atoms with van der Waals surface area (Å²) in [7, 11) is 0. The Morgan fingerprint density at radius 2 is 1.89 bits per heavy atom. The van der Waals surface area contributed by atoms with Crippen molar-refractivity contribution in [2.75, 3.05) is 18.4 Å². The van der Waals surface area contributed by atoms with E-state index in [2.05, 4.69) is 20.3 Å². The number of rotatable bonds is 5. The zero-order chi connectivity index (χ0) is 25.2. The molecule has 1 N–H and O–H groups in total. The maximum absolute atomic E-state index is 14.3. The van der Waals surface area contributed by atoms with Gasteiger partial charge in [0, 0.05) is 55.8 Å². The smallest absolute Gasteiger partial charge is 0.368 e. The molecule has 0 unspecified atom stereocenters. The highest BCUT2D eigenvalue weighted by atomic mass is 19.4. The van der Waals surface area contributed by atoms with Crippen LogP contribution in [0.1, 0.15) is 34.6 Å². The Hall–Kier alpha value is -3.63. The molecule has 3 aromatic rings. The van der Waals surface area contributed by atoms with Crippen molar-refractivity contribution >= 4 is 11.7 Å². The highest BCUT2D eigenvalue weighted by molar-refractivity contribution is 5.99. The van der Waals surface area contributed by atoms with E-state index in [1.165, 1.54) is 4.90 Å². The fourth-order valence-corrected chi connectivity index (χ4v) is 3.98. The average molecular weight is 491 g/mol. The lowest BCUT2D eigenvalue weighted by molar-refractivity contribution is -0.137. The Morgan fingerprint density at radius 1 is 1.14 bits per heavy atom. The summed E-state index contributed by atoms with van der Waals surface area (Å²) in [6, 6.07) is 8.01. The van der Waals surface area contributed by atoms with Crippen LogP contribution in [0.5, 0.6) is 0 Å². The third-order valence-electron chi connectivity index (χ3n) is 5.79.